The molecule has 30 heavy (non-hydrogen) atoms. The molecule has 0 unspecified atom stereocenters. The number of benzene rings is 2. The van der Waals surface area contributed by atoms with Gasteiger partial charge in [0.2, 0.25) is 21.8 Å². The van der Waals surface area contributed by atoms with Crippen molar-refractivity contribution in [2.45, 2.75) is 19.8 Å². The highest BCUT2D eigenvalue weighted by Gasteiger charge is 2.19. The van der Waals surface area contributed by atoms with Crippen LogP contribution < -0.4 is 20.1 Å². The third-order valence-electron chi connectivity index (χ3n) is 4.46. The molecule has 0 spiro atoms. The molecule has 0 saturated heterocycles. The number of hydrogen-bond donors (Lipinski definition) is 2. The molecule has 162 valence electrons. The smallest absolute Gasteiger partial charge is 0.249 e. The van der Waals surface area contributed by atoms with E-state index in [9.17, 15) is 18.0 Å². The Labute approximate surface area is 181 Å². The molecule has 10 heteroatoms. The normalized spacial score (nSPS) is 11.1. The summed E-state index contributed by atoms with van der Waals surface area (Å²) in [5.41, 5.74) is 7.09. The van der Waals surface area contributed by atoms with Crippen LogP contribution in [0.2, 0.25) is 5.02 Å². The van der Waals surface area contributed by atoms with Gasteiger partial charge in [-0.1, -0.05) is 17.7 Å². The van der Waals surface area contributed by atoms with Crippen LogP contribution in [0.25, 0.3) is 0 Å². The molecule has 0 radical (unpaired) electrons. The standard InChI is InChI=1S/C20H24ClN3O5S/c1-13-15(20(22)26)6-4-7-17(13)23-19(25)8-5-11-24(30(3,27)28)14-9-10-18(29-2)16(21)12-14/h4,6-7,9-10,12H,5,8,11H2,1-3H3,(H2,22,26)(H,23,25). The quantitative estimate of drug-likeness (QED) is 0.605. The highest BCUT2D eigenvalue weighted by Crippen LogP contribution is 2.30. The maximum absolute atomic E-state index is 12.3. The number of rotatable bonds is 9. The van der Waals surface area contributed by atoms with E-state index in [0.29, 0.717) is 28.3 Å². The first kappa shape index (κ1) is 23.5. The van der Waals surface area contributed by atoms with Gasteiger partial charge in [0.1, 0.15) is 5.75 Å². The van der Waals surface area contributed by atoms with E-state index in [1.807, 2.05) is 0 Å². The van der Waals surface area contributed by atoms with E-state index < -0.39 is 15.9 Å². The van der Waals surface area contributed by atoms with Gasteiger partial charge < -0.3 is 15.8 Å². The Bertz CT molecular complexity index is 1060. The van der Waals surface area contributed by atoms with Crippen LogP contribution in [0.4, 0.5) is 11.4 Å². The van der Waals surface area contributed by atoms with Gasteiger partial charge in [-0.25, -0.2) is 8.42 Å². The number of nitrogens with zero attached hydrogens (tertiary/aromatic N) is 1. The minimum atomic E-state index is -3.58. The number of nitrogens with two attached hydrogens (primary N) is 1. The molecular formula is C20H24ClN3O5S. The number of halogens is 1. The maximum atomic E-state index is 12.3. The molecular weight excluding hydrogens is 430 g/mol. The first-order valence-corrected chi connectivity index (χ1v) is 11.3. The average Bonchev–Trinajstić information content (AvgIpc) is 2.65. The molecule has 0 saturated carbocycles. The molecule has 0 atom stereocenters. The molecule has 0 bridgehead atoms. The van der Waals surface area contributed by atoms with Gasteiger partial charge >= 0.3 is 0 Å². The van der Waals surface area contributed by atoms with E-state index in [1.165, 1.54) is 17.5 Å². The highest BCUT2D eigenvalue weighted by atomic mass is 35.5. The summed E-state index contributed by atoms with van der Waals surface area (Å²) in [5, 5.41) is 3.01. The molecule has 0 fully saturated rings. The van der Waals surface area contributed by atoms with Gasteiger partial charge in [0, 0.05) is 24.2 Å². The monoisotopic (exact) mass is 453 g/mol. The summed E-state index contributed by atoms with van der Waals surface area (Å²) >= 11 is 6.10. The molecule has 0 heterocycles. The summed E-state index contributed by atoms with van der Waals surface area (Å²) in [6.07, 6.45) is 1.44. The van der Waals surface area contributed by atoms with E-state index in [-0.39, 0.29) is 30.3 Å². The summed E-state index contributed by atoms with van der Waals surface area (Å²) in [6.45, 7) is 1.78. The molecule has 2 aromatic rings. The summed E-state index contributed by atoms with van der Waals surface area (Å²) in [5.74, 6) is -0.451. The van der Waals surface area contributed by atoms with Crippen LogP contribution in [-0.4, -0.2) is 40.1 Å². The third kappa shape index (κ3) is 5.87. The largest absolute Gasteiger partial charge is 0.495 e. The Morgan fingerprint density at radius 1 is 1.23 bits per heavy atom. The number of carbonyl (C=O) groups is 2. The summed E-state index contributed by atoms with van der Waals surface area (Å²) < 4.78 is 30.7. The van der Waals surface area contributed by atoms with Crippen LogP contribution in [-0.2, 0) is 14.8 Å². The lowest BCUT2D eigenvalue weighted by atomic mass is 10.1. The van der Waals surface area contributed by atoms with Gasteiger partial charge in [-0.15, -0.1) is 0 Å². The van der Waals surface area contributed by atoms with Crippen LogP contribution in [0.15, 0.2) is 36.4 Å². The van der Waals surface area contributed by atoms with Gasteiger partial charge in [-0.3, -0.25) is 13.9 Å². The molecule has 2 rings (SSSR count). The van der Waals surface area contributed by atoms with Crippen molar-refractivity contribution in [1.29, 1.82) is 0 Å². The number of anilines is 2. The zero-order valence-electron chi connectivity index (χ0n) is 16.9. The lowest BCUT2D eigenvalue weighted by Gasteiger charge is -2.23. The van der Waals surface area contributed by atoms with Crippen molar-refractivity contribution in [2.24, 2.45) is 5.73 Å². The average molecular weight is 454 g/mol. The second-order valence-corrected chi connectivity index (χ2v) is 8.96. The number of nitrogens with one attached hydrogen (secondary N) is 1. The molecule has 0 aliphatic heterocycles. The number of sulfonamides is 1. The van der Waals surface area contributed by atoms with Gasteiger partial charge in [0.25, 0.3) is 0 Å². The third-order valence-corrected chi connectivity index (χ3v) is 5.95. The van der Waals surface area contributed by atoms with E-state index in [2.05, 4.69) is 5.32 Å². The Morgan fingerprint density at radius 2 is 1.93 bits per heavy atom. The Morgan fingerprint density at radius 3 is 2.50 bits per heavy atom. The number of carbonyl (C=O) groups excluding carboxylic acids is 2. The fraction of sp³-hybridized carbons (Fsp3) is 0.300. The predicted octanol–water partition coefficient (Wildman–Crippen LogP) is 2.94. The number of methoxy groups -OCH3 is 1. The van der Waals surface area contributed by atoms with E-state index >= 15 is 0 Å². The van der Waals surface area contributed by atoms with Gasteiger partial charge in [0.15, 0.2) is 0 Å². The second-order valence-electron chi connectivity index (χ2n) is 6.65. The van der Waals surface area contributed by atoms with Crippen molar-refractivity contribution in [3.8, 4) is 5.75 Å². The first-order valence-electron chi connectivity index (χ1n) is 9.05. The molecule has 0 aliphatic carbocycles. The van der Waals surface area contributed by atoms with Gasteiger partial charge in [-0.05, 0) is 49.2 Å². The van der Waals surface area contributed by atoms with Crippen molar-refractivity contribution in [2.75, 3.05) is 29.5 Å². The fourth-order valence-corrected chi connectivity index (χ4v) is 4.14. The SMILES string of the molecule is COc1ccc(N(CCCC(=O)Nc2cccc(C(N)=O)c2C)S(C)(=O)=O)cc1Cl. The molecule has 3 N–H and O–H groups in total. The molecule has 8 nitrogen and oxygen atoms in total. The molecule has 0 aliphatic rings. The van der Waals surface area contributed by atoms with Crippen LogP contribution in [0, 0.1) is 6.92 Å². The summed E-state index contributed by atoms with van der Waals surface area (Å²) in [6, 6.07) is 9.54. The molecule has 2 amide bonds. The molecule has 2 aromatic carbocycles. The fourth-order valence-electron chi connectivity index (χ4n) is 2.93. The lowest BCUT2D eigenvalue weighted by molar-refractivity contribution is -0.116. The van der Waals surface area contributed by atoms with E-state index in [0.717, 1.165) is 6.26 Å². The van der Waals surface area contributed by atoms with Crippen LogP contribution in [0.5, 0.6) is 5.75 Å². The zero-order valence-corrected chi connectivity index (χ0v) is 18.5. The minimum absolute atomic E-state index is 0.0795. The summed E-state index contributed by atoms with van der Waals surface area (Å²) in [4.78, 5) is 23.7. The second kappa shape index (κ2) is 9.82. The van der Waals surface area contributed by atoms with E-state index in [1.54, 1.807) is 37.3 Å². The highest BCUT2D eigenvalue weighted by molar-refractivity contribution is 7.92. The van der Waals surface area contributed by atoms with Gasteiger partial charge in [0.05, 0.1) is 24.1 Å². The first-order chi connectivity index (χ1) is 14.0. The Kier molecular flexibility index (Phi) is 7.69. The predicted molar refractivity (Wildman–Crippen MR) is 118 cm³/mol. The van der Waals surface area contributed by atoms with Crippen molar-refractivity contribution < 1.29 is 22.7 Å². The van der Waals surface area contributed by atoms with Crippen molar-refractivity contribution in [3.63, 3.8) is 0 Å². The molecule has 0 aromatic heterocycles. The van der Waals surface area contributed by atoms with Crippen LogP contribution in [0.3, 0.4) is 0 Å². The Balaban J connectivity index is 2.06. The summed E-state index contributed by atoms with van der Waals surface area (Å²) in [7, 11) is -2.12. The van der Waals surface area contributed by atoms with Gasteiger partial charge in [-0.2, -0.15) is 0 Å². The van der Waals surface area contributed by atoms with E-state index in [4.69, 9.17) is 22.1 Å². The lowest BCUT2D eigenvalue weighted by Crippen LogP contribution is -2.31. The number of ether oxygens (including phenoxy) is 1. The van der Waals surface area contributed by atoms with Crippen molar-refractivity contribution in [1.82, 2.24) is 0 Å². The maximum Gasteiger partial charge on any atom is 0.249 e. The van der Waals surface area contributed by atoms with Crippen LogP contribution >= 0.6 is 11.6 Å². The van der Waals surface area contributed by atoms with Crippen molar-refractivity contribution in [3.05, 3.63) is 52.5 Å². The van der Waals surface area contributed by atoms with Crippen molar-refractivity contribution >= 4 is 44.8 Å². The minimum Gasteiger partial charge on any atom is -0.495 e. The zero-order chi connectivity index (χ0) is 22.5. The topological polar surface area (TPSA) is 119 Å². The number of amides is 2. The number of primary amides is 1. The number of hydrogen-bond acceptors (Lipinski definition) is 5. The van der Waals surface area contributed by atoms with Crippen LogP contribution in [0.1, 0.15) is 28.8 Å². The Hall–Kier alpha value is -2.78.